The number of benzene rings is 1. The predicted octanol–water partition coefficient (Wildman–Crippen LogP) is 2.66. The summed E-state index contributed by atoms with van der Waals surface area (Å²) in [6.07, 6.45) is -1.82. The van der Waals surface area contributed by atoms with Crippen molar-refractivity contribution in [2.75, 3.05) is 26.7 Å². The molecule has 0 radical (unpaired) electrons. The molecule has 0 bridgehead atoms. The molecule has 1 aromatic rings. The molecule has 21 heavy (non-hydrogen) atoms. The Labute approximate surface area is 120 Å². The molecule has 4 nitrogen and oxygen atoms in total. The van der Waals surface area contributed by atoms with E-state index in [0.717, 1.165) is 11.0 Å². The minimum Gasteiger partial charge on any atom is -0.492 e. The summed E-state index contributed by atoms with van der Waals surface area (Å²) in [6.45, 7) is -0.745. The van der Waals surface area contributed by atoms with E-state index in [-0.39, 0.29) is 13.2 Å². The molecule has 0 saturated heterocycles. The fourth-order valence-corrected chi connectivity index (χ4v) is 1.58. The third-order valence-corrected chi connectivity index (χ3v) is 2.47. The van der Waals surface area contributed by atoms with Crippen molar-refractivity contribution < 1.29 is 27.8 Å². The Kier molecular flexibility index (Phi) is 6.23. The van der Waals surface area contributed by atoms with Crippen LogP contribution in [0.15, 0.2) is 30.3 Å². The van der Waals surface area contributed by atoms with Crippen LogP contribution in [-0.4, -0.2) is 48.9 Å². The minimum atomic E-state index is -4.23. The Morgan fingerprint density at radius 2 is 2.14 bits per heavy atom. The molecule has 0 aliphatic rings. The number of carboxylic acids is 1. The first-order chi connectivity index (χ1) is 9.76. The fraction of sp³-hybridized carbons (Fsp3) is 0.357. The van der Waals surface area contributed by atoms with Crippen LogP contribution in [0, 0.1) is 0 Å². The van der Waals surface area contributed by atoms with E-state index in [2.05, 4.69) is 0 Å². The number of halogens is 3. The summed E-state index contributed by atoms with van der Waals surface area (Å²) in [6, 6.07) is 6.64. The van der Waals surface area contributed by atoms with Crippen LogP contribution >= 0.6 is 0 Å². The van der Waals surface area contributed by atoms with E-state index in [9.17, 15) is 18.0 Å². The van der Waals surface area contributed by atoms with E-state index in [0.29, 0.717) is 11.3 Å². The maximum absolute atomic E-state index is 12.1. The summed E-state index contributed by atoms with van der Waals surface area (Å²) in [5, 5.41) is 8.52. The van der Waals surface area contributed by atoms with Gasteiger partial charge < -0.3 is 9.84 Å². The molecule has 1 N–H and O–H groups in total. The molecule has 116 valence electrons. The lowest BCUT2D eigenvalue weighted by Crippen LogP contribution is -2.33. The van der Waals surface area contributed by atoms with Gasteiger partial charge in [-0.2, -0.15) is 13.2 Å². The van der Waals surface area contributed by atoms with Crippen molar-refractivity contribution >= 4 is 12.0 Å². The third-order valence-electron chi connectivity index (χ3n) is 2.47. The quantitative estimate of drug-likeness (QED) is 0.787. The SMILES string of the molecule is CN(CCOc1cccc(C=CC(=O)O)c1)CC(F)(F)F. The number of alkyl halides is 3. The number of rotatable bonds is 7. The lowest BCUT2D eigenvalue weighted by atomic mass is 10.2. The predicted molar refractivity (Wildman–Crippen MR) is 72.2 cm³/mol. The van der Waals surface area contributed by atoms with Crippen molar-refractivity contribution in [2.24, 2.45) is 0 Å². The number of hydrogen-bond acceptors (Lipinski definition) is 3. The first-order valence-corrected chi connectivity index (χ1v) is 6.15. The monoisotopic (exact) mass is 303 g/mol. The highest BCUT2D eigenvalue weighted by atomic mass is 19.4. The summed E-state index contributed by atoms with van der Waals surface area (Å²) < 4.78 is 41.7. The second-order valence-corrected chi connectivity index (χ2v) is 4.45. The van der Waals surface area contributed by atoms with Crippen LogP contribution in [0.25, 0.3) is 6.08 Å². The van der Waals surface area contributed by atoms with Crippen LogP contribution in [0.5, 0.6) is 5.75 Å². The Bertz CT molecular complexity index is 500. The largest absolute Gasteiger partial charge is 0.492 e. The first kappa shape index (κ1) is 17.0. The van der Waals surface area contributed by atoms with Crippen molar-refractivity contribution in [3.05, 3.63) is 35.9 Å². The maximum Gasteiger partial charge on any atom is 0.401 e. The molecule has 0 atom stereocenters. The van der Waals surface area contributed by atoms with Gasteiger partial charge in [0.2, 0.25) is 0 Å². The van der Waals surface area contributed by atoms with Gasteiger partial charge in [0.05, 0.1) is 6.54 Å². The molecule has 0 spiro atoms. The van der Waals surface area contributed by atoms with Crippen molar-refractivity contribution in [3.8, 4) is 5.75 Å². The highest BCUT2D eigenvalue weighted by molar-refractivity contribution is 5.85. The molecule has 0 amide bonds. The molecule has 7 heteroatoms. The molecule has 1 rings (SSSR count). The number of carboxylic acid groups (broad SMARTS) is 1. The first-order valence-electron chi connectivity index (χ1n) is 6.15. The molecular weight excluding hydrogens is 287 g/mol. The van der Waals surface area contributed by atoms with E-state index in [4.69, 9.17) is 9.84 Å². The number of likely N-dealkylation sites (N-methyl/N-ethyl adjacent to an activating group) is 1. The number of carbonyl (C=O) groups is 1. The highest BCUT2D eigenvalue weighted by Crippen LogP contribution is 2.16. The van der Waals surface area contributed by atoms with Gasteiger partial charge in [0.15, 0.2) is 0 Å². The summed E-state index contributed by atoms with van der Waals surface area (Å²) in [5.41, 5.74) is 0.638. The molecule has 0 aliphatic carbocycles. The molecule has 0 fully saturated rings. The summed E-state index contributed by atoms with van der Waals surface area (Å²) >= 11 is 0. The molecule has 0 aliphatic heterocycles. The molecule has 0 saturated carbocycles. The zero-order valence-corrected chi connectivity index (χ0v) is 11.4. The smallest absolute Gasteiger partial charge is 0.401 e. The fourth-order valence-electron chi connectivity index (χ4n) is 1.58. The van der Waals surface area contributed by atoms with Crippen LogP contribution in [0.4, 0.5) is 13.2 Å². The van der Waals surface area contributed by atoms with E-state index in [1.807, 2.05) is 0 Å². The average molecular weight is 303 g/mol. The Hall–Kier alpha value is -2.02. The molecule has 0 heterocycles. The minimum absolute atomic E-state index is 0.110. The van der Waals surface area contributed by atoms with Crippen LogP contribution in [0.3, 0.4) is 0 Å². The van der Waals surface area contributed by atoms with Gasteiger partial charge in [-0.15, -0.1) is 0 Å². The normalized spacial score (nSPS) is 12.0. The third kappa shape index (κ3) is 7.98. The molecule has 1 aromatic carbocycles. The summed E-state index contributed by atoms with van der Waals surface area (Å²) in [4.78, 5) is 11.5. The van der Waals surface area contributed by atoms with Crippen LogP contribution < -0.4 is 4.74 Å². The molecule has 0 unspecified atom stereocenters. The van der Waals surface area contributed by atoms with Crippen LogP contribution in [-0.2, 0) is 4.79 Å². The van der Waals surface area contributed by atoms with Gasteiger partial charge in [0, 0.05) is 12.6 Å². The Morgan fingerprint density at radius 3 is 2.76 bits per heavy atom. The van der Waals surface area contributed by atoms with E-state index < -0.39 is 18.7 Å². The van der Waals surface area contributed by atoms with Crippen molar-refractivity contribution in [2.45, 2.75) is 6.18 Å². The second kappa shape index (κ2) is 7.68. The van der Waals surface area contributed by atoms with Gasteiger partial charge in [-0.05, 0) is 30.8 Å². The summed E-state index contributed by atoms with van der Waals surface area (Å²) in [7, 11) is 1.36. The highest BCUT2D eigenvalue weighted by Gasteiger charge is 2.28. The van der Waals surface area contributed by atoms with E-state index in [1.54, 1.807) is 24.3 Å². The Morgan fingerprint density at radius 1 is 1.43 bits per heavy atom. The molecule has 0 aromatic heterocycles. The lowest BCUT2D eigenvalue weighted by Gasteiger charge is -2.18. The van der Waals surface area contributed by atoms with E-state index >= 15 is 0 Å². The number of hydrogen-bond donors (Lipinski definition) is 1. The van der Waals surface area contributed by atoms with Crippen LogP contribution in [0.2, 0.25) is 0 Å². The maximum atomic E-state index is 12.1. The number of nitrogens with zero attached hydrogens (tertiary/aromatic N) is 1. The van der Waals surface area contributed by atoms with E-state index in [1.165, 1.54) is 13.1 Å². The lowest BCUT2D eigenvalue weighted by molar-refractivity contribution is -0.143. The van der Waals surface area contributed by atoms with Crippen molar-refractivity contribution in [3.63, 3.8) is 0 Å². The van der Waals surface area contributed by atoms with Crippen molar-refractivity contribution in [1.29, 1.82) is 0 Å². The van der Waals surface area contributed by atoms with Gasteiger partial charge in [0.1, 0.15) is 12.4 Å². The number of ether oxygens (including phenoxy) is 1. The topological polar surface area (TPSA) is 49.8 Å². The van der Waals surface area contributed by atoms with Gasteiger partial charge in [-0.3, -0.25) is 4.90 Å². The average Bonchev–Trinajstić information content (AvgIpc) is 2.34. The summed E-state index contributed by atoms with van der Waals surface area (Å²) in [5.74, 6) is -0.585. The van der Waals surface area contributed by atoms with Gasteiger partial charge in [-0.25, -0.2) is 4.79 Å². The second-order valence-electron chi connectivity index (χ2n) is 4.45. The van der Waals surface area contributed by atoms with Crippen LogP contribution in [0.1, 0.15) is 5.56 Å². The van der Waals surface area contributed by atoms with Crippen molar-refractivity contribution in [1.82, 2.24) is 4.90 Å². The zero-order chi connectivity index (χ0) is 15.9. The molecular formula is C14H16F3NO3. The van der Waals surface area contributed by atoms with Gasteiger partial charge in [-0.1, -0.05) is 12.1 Å². The standard InChI is InChI=1S/C14H16F3NO3/c1-18(10-14(15,16)17)7-8-21-12-4-2-3-11(9-12)5-6-13(19)20/h2-6,9H,7-8,10H2,1H3,(H,19,20). The zero-order valence-electron chi connectivity index (χ0n) is 11.4. The van der Waals surface area contributed by atoms with Gasteiger partial charge >= 0.3 is 12.1 Å². The number of aliphatic carboxylic acids is 1. The van der Waals surface area contributed by atoms with Gasteiger partial charge in [0.25, 0.3) is 0 Å². The Balaban J connectivity index is 2.45.